The number of ether oxygens (including phenoxy) is 1. The van der Waals surface area contributed by atoms with Gasteiger partial charge in [-0.15, -0.1) is 0 Å². The van der Waals surface area contributed by atoms with Gasteiger partial charge in [0.1, 0.15) is 18.7 Å². The number of nitrogens with two attached hydrogens (primary N) is 1. The Labute approximate surface area is 86.5 Å². The molecule has 0 fully saturated rings. The summed E-state index contributed by atoms with van der Waals surface area (Å²) in [5.41, 5.74) is 4.97. The lowest BCUT2D eigenvalue weighted by atomic mass is 10.5. The third kappa shape index (κ3) is 2.46. The van der Waals surface area contributed by atoms with Crippen LogP contribution in [0, 0.1) is 0 Å². The van der Waals surface area contributed by atoms with Crippen LogP contribution in [0.4, 0.5) is 5.69 Å². The van der Waals surface area contributed by atoms with Crippen LogP contribution >= 0.6 is 11.6 Å². The molecule has 78 valence electrons. The van der Waals surface area contributed by atoms with Gasteiger partial charge in [0.05, 0.1) is 6.10 Å². The predicted molar refractivity (Wildman–Crippen MR) is 54.1 cm³/mol. The normalized spacial score (nSPS) is 10.9. The van der Waals surface area contributed by atoms with Crippen LogP contribution in [-0.2, 0) is 11.5 Å². The van der Waals surface area contributed by atoms with Crippen molar-refractivity contribution in [3.63, 3.8) is 0 Å². The number of nitrogens with zero attached hydrogens (tertiary/aromatic N) is 2. The first kappa shape index (κ1) is 11.0. The Morgan fingerprint density at radius 2 is 2.36 bits per heavy atom. The van der Waals surface area contributed by atoms with Crippen LogP contribution in [0.5, 0.6) is 0 Å². The van der Waals surface area contributed by atoms with Crippen LogP contribution < -0.4 is 11.3 Å². The second kappa shape index (κ2) is 4.43. The highest BCUT2D eigenvalue weighted by Gasteiger charge is 2.06. The van der Waals surface area contributed by atoms with Crippen LogP contribution in [0.1, 0.15) is 13.8 Å². The molecule has 1 aromatic rings. The van der Waals surface area contributed by atoms with Crippen LogP contribution in [0.2, 0.25) is 5.15 Å². The summed E-state index contributed by atoms with van der Waals surface area (Å²) in [6, 6.07) is 0. The molecule has 5 nitrogen and oxygen atoms in total. The summed E-state index contributed by atoms with van der Waals surface area (Å²) in [5.74, 6) is 0. The average molecular weight is 218 g/mol. The molecule has 0 amide bonds. The molecule has 0 unspecified atom stereocenters. The van der Waals surface area contributed by atoms with Gasteiger partial charge >= 0.3 is 0 Å². The summed E-state index contributed by atoms with van der Waals surface area (Å²) in [6.07, 6.45) is 1.35. The Morgan fingerprint density at radius 3 is 2.93 bits per heavy atom. The minimum atomic E-state index is -0.384. The summed E-state index contributed by atoms with van der Waals surface area (Å²) in [4.78, 5) is 15.2. The number of aromatic nitrogens is 2. The van der Waals surface area contributed by atoms with Crippen molar-refractivity contribution in [1.29, 1.82) is 0 Å². The molecule has 0 spiro atoms. The van der Waals surface area contributed by atoms with E-state index in [1.54, 1.807) is 0 Å². The van der Waals surface area contributed by atoms with Crippen molar-refractivity contribution in [3.8, 4) is 0 Å². The van der Waals surface area contributed by atoms with Gasteiger partial charge in [0, 0.05) is 0 Å². The standard InChI is InChI=1S/C8H12ClN3O2/c1-5(2)14-4-12-3-11-7(9)6(10)8(12)13/h3,5H,4,10H2,1-2H3. The van der Waals surface area contributed by atoms with E-state index in [1.807, 2.05) is 13.8 Å². The van der Waals surface area contributed by atoms with Crippen molar-refractivity contribution >= 4 is 17.3 Å². The molecule has 1 heterocycles. The third-order valence-electron chi connectivity index (χ3n) is 1.57. The van der Waals surface area contributed by atoms with E-state index in [2.05, 4.69) is 4.98 Å². The number of rotatable bonds is 3. The van der Waals surface area contributed by atoms with Gasteiger partial charge in [-0.3, -0.25) is 9.36 Å². The maximum absolute atomic E-state index is 11.4. The second-order valence-electron chi connectivity index (χ2n) is 3.07. The summed E-state index contributed by atoms with van der Waals surface area (Å²) in [7, 11) is 0. The maximum atomic E-state index is 11.4. The lowest BCUT2D eigenvalue weighted by Crippen LogP contribution is -2.25. The van der Waals surface area contributed by atoms with Crippen molar-refractivity contribution in [2.75, 3.05) is 5.73 Å². The molecule has 0 saturated carbocycles. The molecule has 2 N–H and O–H groups in total. The average Bonchev–Trinajstić information content (AvgIpc) is 2.13. The minimum absolute atomic E-state index is 0.0239. The van der Waals surface area contributed by atoms with E-state index in [9.17, 15) is 4.79 Å². The van der Waals surface area contributed by atoms with E-state index in [0.717, 1.165) is 0 Å². The Balaban J connectivity index is 2.89. The monoisotopic (exact) mass is 217 g/mol. The third-order valence-corrected chi connectivity index (χ3v) is 1.87. The van der Waals surface area contributed by atoms with E-state index < -0.39 is 0 Å². The van der Waals surface area contributed by atoms with Crippen molar-refractivity contribution in [2.24, 2.45) is 0 Å². The topological polar surface area (TPSA) is 70.1 Å². The molecule has 0 aromatic carbocycles. The van der Waals surface area contributed by atoms with E-state index in [-0.39, 0.29) is 29.2 Å². The smallest absolute Gasteiger partial charge is 0.279 e. The highest BCUT2D eigenvalue weighted by atomic mass is 35.5. The Hall–Kier alpha value is -1.07. The lowest BCUT2D eigenvalue weighted by molar-refractivity contribution is 0.0264. The largest absolute Gasteiger partial charge is 0.392 e. The molecule has 1 aromatic heterocycles. The van der Waals surface area contributed by atoms with Crippen LogP contribution in [0.3, 0.4) is 0 Å². The molecule has 6 heteroatoms. The number of hydrogen-bond donors (Lipinski definition) is 1. The van der Waals surface area contributed by atoms with Crippen molar-refractivity contribution in [1.82, 2.24) is 9.55 Å². The molecule has 0 atom stereocenters. The molecule has 0 aliphatic heterocycles. The highest BCUT2D eigenvalue weighted by molar-refractivity contribution is 6.31. The zero-order valence-corrected chi connectivity index (χ0v) is 8.78. The van der Waals surface area contributed by atoms with Gasteiger partial charge < -0.3 is 10.5 Å². The first-order valence-corrected chi connectivity index (χ1v) is 4.52. The van der Waals surface area contributed by atoms with Crippen LogP contribution in [-0.4, -0.2) is 15.7 Å². The molecule has 0 radical (unpaired) electrons. The van der Waals surface area contributed by atoms with Gasteiger partial charge in [-0.25, -0.2) is 4.98 Å². The van der Waals surface area contributed by atoms with Crippen LogP contribution in [0.15, 0.2) is 11.1 Å². The fraction of sp³-hybridized carbons (Fsp3) is 0.500. The van der Waals surface area contributed by atoms with E-state index >= 15 is 0 Å². The van der Waals surface area contributed by atoms with Crippen molar-refractivity contribution < 1.29 is 4.74 Å². The van der Waals surface area contributed by atoms with E-state index in [0.29, 0.717) is 0 Å². The minimum Gasteiger partial charge on any atom is -0.392 e. The zero-order chi connectivity index (χ0) is 10.7. The number of halogens is 1. The predicted octanol–water partition coefficient (Wildman–Crippen LogP) is 0.861. The number of anilines is 1. The summed E-state index contributed by atoms with van der Waals surface area (Å²) >= 11 is 5.56. The van der Waals surface area contributed by atoms with Crippen LogP contribution in [0.25, 0.3) is 0 Å². The van der Waals surface area contributed by atoms with Gasteiger partial charge in [0.15, 0.2) is 5.15 Å². The second-order valence-corrected chi connectivity index (χ2v) is 3.43. The maximum Gasteiger partial charge on any atom is 0.279 e. The molecule has 0 saturated heterocycles. The Kier molecular flexibility index (Phi) is 3.49. The van der Waals surface area contributed by atoms with Gasteiger partial charge in [-0.05, 0) is 13.8 Å². The quantitative estimate of drug-likeness (QED) is 0.763. The molecule has 1 rings (SSSR count). The summed E-state index contributed by atoms with van der Waals surface area (Å²) in [5, 5.41) is 0.0239. The van der Waals surface area contributed by atoms with Gasteiger partial charge in [0.25, 0.3) is 5.56 Å². The molecular weight excluding hydrogens is 206 g/mol. The number of hydrogen-bond acceptors (Lipinski definition) is 4. The first-order chi connectivity index (χ1) is 6.52. The fourth-order valence-corrected chi connectivity index (χ4v) is 0.931. The van der Waals surface area contributed by atoms with Gasteiger partial charge in [-0.1, -0.05) is 11.6 Å². The van der Waals surface area contributed by atoms with E-state index in [1.165, 1.54) is 10.9 Å². The fourth-order valence-electron chi connectivity index (χ4n) is 0.807. The first-order valence-electron chi connectivity index (χ1n) is 4.14. The summed E-state index contributed by atoms with van der Waals surface area (Å²) < 4.78 is 6.49. The molecule has 0 aliphatic rings. The van der Waals surface area contributed by atoms with Gasteiger partial charge in [-0.2, -0.15) is 0 Å². The molecule has 14 heavy (non-hydrogen) atoms. The molecular formula is C8H12ClN3O2. The summed E-state index contributed by atoms with van der Waals surface area (Å²) in [6.45, 7) is 3.88. The van der Waals surface area contributed by atoms with Gasteiger partial charge in [0.2, 0.25) is 0 Å². The zero-order valence-electron chi connectivity index (χ0n) is 8.03. The highest BCUT2D eigenvalue weighted by Crippen LogP contribution is 2.07. The molecule has 0 aliphatic carbocycles. The molecule has 0 bridgehead atoms. The SMILES string of the molecule is CC(C)OCn1cnc(Cl)c(N)c1=O. The number of nitrogen functional groups attached to an aromatic ring is 1. The Morgan fingerprint density at radius 1 is 1.71 bits per heavy atom. The Bertz CT molecular complexity index is 375. The van der Waals surface area contributed by atoms with Crippen molar-refractivity contribution in [3.05, 3.63) is 21.8 Å². The lowest BCUT2D eigenvalue weighted by Gasteiger charge is -2.09. The van der Waals surface area contributed by atoms with E-state index in [4.69, 9.17) is 22.1 Å². The van der Waals surface area contributed by atoms with Crippen molar-refractivity contribution in [2.45, 2.75) is 26.7 Å².